The zero-order valence-electron chi connectivity index (χ0n) is 13.3. The molecule has 6 nitrogen and oxygen atoms in total. The second-order valence-electron chi connectivity index (χ2n) is 5.06. The molecule has 122 valence electrons. The smallest absolute Gasteiger partial charge is 0.360 e. The molecule has 0 saturated carbocycles. The Labute approximate surface area is 139 Å². The number of carbonyl (C=O) groups excluding carboxylic acids is 1. The van der Waals surface area contributed by atoms with Crippen molar-refractivity contribution >= 4 is 5.97 Å². The van der Waals surface area contributed by atoms with E-state index in [-0.39, 0.29) is 18.9 Å². The predicted molar refractivity (Wildman–Crippen MR) is 88.3 cm³/mol. The summed E-state index contributed by atoms with van der Waals surface area (Å²) in [6.45, 7) is 2.15. The van der Waals surface area contributed by atoms with Crippen LogP contribution in [0.1, 0.15) is 16.2 Å². The third kappa shape index (κ3) is 3.78. The van der Waals surface area contributed by atoms with Crippen molar-refractivity contribution in [2.45, 2.75) is 6.92 Å². The summed E-state index contributed by atoms with van der Waals surface area (Å²) in [5.41, 5.74) is 1.51. The number of para-hydroxylation sites is 2. The van der Waals surface area contributed by atoms with Crippen molar-refractivity contribution in [3.63, 3.8) is 0 Å². The molecule has 24 heavy (non-hydrogen) atoms. The van der Waals surface area contributed by atoms with E-state index in [9.17, 15) is 4.79 Å². The first-order valence-electron chi connectivity index (χ1n) is 7.58. The highest BCUT2D eigenvalue weighted by atomic mass is 16.6. The van der Waals surface area contributed by atoms with Crippen molar-refractivity contribution < 1.29 is 14.3 Å². The maximum atomic E-state index is 12.1. The van der Waals surface area contributed by atoms with Crippen molar-refractivity contribution in [2.24, 2.45) is 0 Å². The van der Waals surface area contributed by atoms with Gasteiger partial charge in [-0.05, 0) is 31.2 Å². The number of rotatable bonds is 6. The van der Waals surface area contributed by atoms with Gasteiger partial charge in [-0.2, -0.15) is 9.90 Å². The fourth-order valence-electron chi connectivity index (χ4n) is 2.12. The monoisotopic (exact) mass is 323 g/mol. The molecule has 0 spiro atoms. The normalized spacial score (nSPS) is 10.4. The molecule has 0 fully saturated rings. The first kappa shape index (κ1) is 15.7. The lowest BCUT2D eigenvalue weighted by molar-refractivity contribution is 0.0442. The molecule has 3 aromatic rings. The second kappa shape index (κ2) is 7.41. The van der Waals surface area contributed by atoms with Crippen LogP contribution in [0.5, 0.6) is 5.75 Å². The molecule has 0 radical (unpaired) electrons. The highest BCUT2D eigenvalue weighted by molar-refractivity contribution is 5.88. The summed E-state index contributed by atoms with van der Waals surface area (Å²) in [7, 11) is 0. The number of benzene rings is 2. The minimum atomic E-state index is -0.508. The molecule has 1 heterocycles. The molecular weight excluding hydrogens is 306 g/mol. The number of esters is 1. The van der Waals surface area contributed by atoms with Gasteiger partial charge in [-0.3, -0.25) is 0 Å². The standard InChI is InChI=1S/C18H17N3O3/c1-14-17(20-21(19-14)15-8-4-2-5-9-15)18(22)24-13-12-23-16-10-6-3-7-11-16/h2-11H,12-13H2,1H3. The van der Waals surface area contributed by atoms with Crippen LogP contribution in [0, 0.1) is 6.92 Å². The number of nitrogens with zero attached hydrogens (tertiary/aromatic N) is 3. The molecule has 3 rings (SSSR count). The Morgan fingerprint density at radius 3 is 2.33 bits per heavy atom. The molecular formula is C18H17N3O3. The number of hydrogen-bond donors (Lipinski definition) is 0. The van der Waals surface area contributed by atoms with E-state index in [0.29, 0.717) is 5.69 Å². The summed E-state index contributed by atoms with van der Waals surface area (Å²) >= 11 is 0. The molecule has 0 unspecified atom stereocenters. The van der Waals surface area contributed by atoms with E-state index >= 15 is 0 Å². The summed E-state index contributed by atoms with van der Waals surface area (Å²) in [6, 6.07) is 18.8. The molecule has 0 saturated heterocycles. The van der Waals surface area contributed by atoms with Crippen LogP contribution in [0.3, 0.4) is 0 Å². The first-order valence-corrected chi connectivity index (χ1v) is 7.58. The largest absolute Gasteiger partial charge is 0.490 e. The van der Waals surface area contributed by atoms with Crippen LogP contribution < -0.4 is 4.74 Å². The second-order valence-corrected chi connectivity index (χ2v) is 5.06. The quantitative estimate of drug-likeness (QED) is 0.515. The van der Waals surface area contributed by atoms with Crippen LogP contribution in [-0.2, 0) is 4.74 Å². The maximum absolute atomic E-state index is 12.1. The Morgan fingerprint density at radius 1 is 0.958 bits per heavy atom. The third-order valence-corrected chi connectivity index (χ3v) is 3.29. The lowest BCUT2D eigenvalue weighted by atomic mass is 10.3. The highest BCUT2D eigenvalue weighted by Gasteiger charge is 2.17. The fraction of sp³-hybridized carbons (Fsp3) is 0.167. The van der Waals surface area contributed by atoms with E-state index in [1.54, 1.807) is 6.92 Å². The molecule has 0 aliphatic carbocycles. The lowest BCUT2D eigenvalue weighted by Gasteiger charge is -2.06. The number of ether oxygens (including phenoxy) is 2. The Bertz CT molecular complexity index is 801. The highest BCUT2D eigenvalue weighted by Crippen LogP contribution is 2.10. The summed E-state index contributed by atoms with van der Waals surface area (Å²) in [6.07, 6.45) is 0. The average molecular weight is 323 g/mol. The van der Waals surface area contributed by atoms with Crippen molar-refractivity contribution in [2.75, 3.05) is 13.2 Å². The van der Waals surface area contributed by atoms with Crippen molar-refractivity contribution in [1.82, 2.24) is 15.0 Å². The van der Waals surface area contributed by atoms with E-state index in [1.807, 2.05) is 60.7 Å². The van der Waals surface area contributed by atoms with E-state index in [0.717, 1.165) is 11.4 Å². The zero-order valence-corrected chi connectivity index (χ0v) is 13.3. The average Bonchev–Trinajstić information content (AvgIpc) is 3.02. The van der Waals surface area contributed by atoms with Gasteiger partial charge in [0.15, 0.2) is 5.69 Å². The van der Waals surface area contributed by atoms with Crippen molar-refractivity contribution in [3.8, 4) is 11.4 Å². The Kier molecular flexibility index (Phi) is 4.86. The Balaban J connectivity index is 1.56. The van der Waals surface area contributed by atoms with Crippen LogP contribution in [-0.4, -0.2) is 34.2 Å². The fourth-order valence-corrected chi connectivity index (χ4v) is 2.12. The van der Waals surface area contributed by atoms with Gasteiger partial charge in [0.25, 0.3) is 0 Å². The van der Waals surface area contributed by atoms with E-state index in [4.69, 9.17) is 9.47 Å². The molecule has 0 amide bonds. The van der Waals surface area contributed by atoms with Crippen LogP contribution in [0.2, 0.25) is 0 Å². The van der Waals surface area contributed by atoms with Gasteiger partial charge in [0, 0.05) is 0 Å². The predicted octanol–water partition coefficient (Wildman–Crippen LogP) is 2.81. The molecule has 6 heteroatoms. The molecule has 0 bridgehead atoms. The molecule has 0 N–H and O–H groups in total. The van der Waals surface area contributed by atoms with Gasteiger partial charge in [-0.1, -0.05) is 36.4 Å². The molecule has 2 aromatic carbocycles. The van der Waals surface area contributed by atoms with Gasteiger partial charge in [0.05, 0.1) is 11.4 Å². The molecule has 1 aromatic heterocycles. The van der Waals surface area contributed by atoms with Gasteiger partial charge in [-0.25, -0.2) is 4.79 Å². The number of carbonyl (C=O) groups is 1. The van der Waals surface area contributed by atoms with Gasteiger partial charge in [-0.15, -0.1) is 5.10 Å². The van der Waals surface area contributed by atoms with E-state index in [1.165, 1.54) is 4.80 Å². The summed E-state index contributed by atoms with van der Waals surface area (Å²) in [5, 5.41) is 8.46. The molecule has 0 aliphatic heterocycles. The topological polar surface area (TPSA) is 66.2 Å². The van der Waals surface area contributed by atoms with Gasteiger partial charge >= 0.3 is 5.97 Å². The summed E-state index contributed by atoms with van der Waals surface area (Å²) in [5.74, 6) is 0.228. The SMILES string of the molecule is Cc1nn(-c2ccccc2)nc1C(=O)OCCOc1ccccc1. The van der Waals surface area contributed by atoms with Crippen molar-refractivity contribution in [1.29, 1.82) is 0 Å². The van der Waals surface area contributed by atoms with Crippen LogP contribution in [0.15, 0.2) is 60.7 Å². The minimum Gasteiger partial charge on any atom is -0.490 e. The van der Waals surface area contributed by atoms with Gasteiger partial charge in [0.2, 0.25) is 0 Å². The van der Waals surface area contributed by atoms with E-state index < -0.39 is 5.97 Å². The van der Waals surface area contributed by atoms with E-state index in [2.05, 4.69) is 10.2 Å². The van der Waals surface area contributed by atoms with Gasteiger partial charge < -0.3 is 9.47 Å². The summed E-state index contributed by atoms with van der Waals surface area (Å²) in [4.78, 5) is 13.6. The Hall–Kier alpha value is -3.15. The number of aromatic nitrogens is 3. The van der Waals surface area contributed by atoms with Crippen LogP contribution in [0.4, 0.5) is 0 Å². The lowest BCUT2D eigenvalue weighted by Crippen LogP contribution is -2.14. The molecule has 0 aliphatic rings. The maximum Gasteiger partial charge on any atom is 0.360 e. The van der Waals surface area contributed by atoms with Crippen molar-refractivity contribution in [3.05, 3.63) is 72.1 Å². The Morgan fingerprint density at radius 2 is 1.62 bits per heavy atom. The van der Waals surface area contributed by atoms with Crippen LogP contribution >= 0.6 is 0 Å². The first-order chi connectivity index (χ1) is 11.7. The van der Waals surface area contributed by atoms with Crippen LogP contribution in [0.25, 0.3) is 5.69 Å². The zero-order chi connectivity index (χ0) is 16.8. The minimum absolute atomic E-state index is 0.144. The van der Waals surface area contributed by atoms with Gasteiger partial charge in [0.1, 0.15) is 19.0 Å². The number of hydrogen-bond acceptors (Lipinski definition) is 5. The molecule has 0 atom stereocenters. The summed E-state index contributed by atoms with van der Waals surface area (Å²) < 4.78 is 10.7. The number of aryl methyl sites for hydroxylation is 1. The third-order valence-electron chi connectivity index (χ3n) is 3.29.